The SMILES string of the molecule is Cc1nc(CC(N)c2ccc(Cl)c(Cl)c2)sc1C. The maximum atomic E-state index is 6.17. The Balaban J connectivity index is 2.16. The molecule has 0 aliphatic heterocycles. The highest BCUT2D eigenvalue weighted by atomic mass is 35.5. The van der Waals surface area contributed by atoms with Gasteiger partial charge in [-0.1, -0.05) is 29.3 Å². The van der Waals surface area contributed by atoms with Crippen molar-refractivity contribution in [2.45, 2.75) is 26.3 Å². The summed E-state index contributed by atoms with van der Waals surface area (Å²) in [5.41, 5.74) is 8.23. The summed E-state index contributed by atoms with van der Waals surface area (Å²) < 4.78 is 0. The summed E-state index contributed by atoms with van der Waals surface area (Å²) in [4.78, 5) is 5.74. The van der Waals surface area contributed by atoms with E-state index in [4.69, 9.17) is 28.9 Å². The van der Waals surface area contributed by atoms with Crippen LogP contribution in [0.2, 0.25) is 10.0 Å². The van der Waals surface area contributed by atoms with Crippen LogP contribution < -0.4 is 5.73 Å². The van der Waals surface area contributed by atoms with Crippen LogP contribution in [0.3, 0.4) is 0 Å². The van der Waals surface area contributed by atoms with Crippen LogP contribution >= 0.6 is 34.5 Å². The minimum atomic E-state index is -0.107. The number of halogens is 2. The van der Waals surface area contributed by atoms with E-state index in [1.807, 2.05) is 19.1 Å². The molecule has 0 saturated carbocycles. The first kappa shape index (κ1) is 13.8. The number of hydrogen-bond donors (Lipinski definition) is 1. The van der Waals surface area contributed by atoms with Crippen molar-refractivity contribution in [2.75, 3.05) is 0 Å². The van der Waals surface area contributed by atoms with E-state index in [1.54, 1.807) is 17.4 Å². The lowest BCUT2D eigenvalue weighted by Crippen LogP contribution is -2.13. The van der Waals surface area contributed by atoms with Gasteiger partial charge >= 0.3 is 0 Å². The molecule has 2 nitrogen and oxygen atoms in total. The quantitative estimate of drug-likeness (QED) is 0.917. The Kier molecular flexibility index (Phi) is 4.28. The van der Waals surface area contributed by atoms with Crippen LogP contribution in [0.15, 0.2) is 18.2 Å². The van der Waals surface area contributed by atoms with Crippen molar-refractivity contribution in [1.82, 2.24) is 4.98 Å². The molecule has 1 aromatic carbocycles. The zero-order chi connectivity index (χ0) is 13.3. The number of nitrogens with zero attached hydrogens (tertiary/aromatic N) is 1. The number of rotatable bonds is 3. The molecule has 0 saturated heterocycles. The summed E-state index contributed by atoms with van der Waals surface area (Å²) in [7, 11) is 0. The molecule has 1 unspecified atom stereocenters. The maximum absolute atomic E-state index is 6.17. The van der Waals surface area contributed by atoms with Crippen molar-refractivity contribution in [3.63, 3.8) is 0 Å². The van der Waals surface area contributed by atoms with E-state index in [1.165, 1.54) is 4.88 Å². The molecule has 1 heterocycles. The number of hydrogen-bond acceptors (Lipinski definition) is 3. The summed E-state index contributed by atoms with van der Waals surface area (Å²) in [6, 6.07) is 5.40. The Morgan fingerprint density at radius 2 is 2.00 bits per heavy atom. The lowest BCUT2D eigenvalue weighted by atomic mass is 10.1. The number of aromatic nitrogens is 1. The molecule has 2 aromatic rings. The van der Waals surface area contributed by atoms with Gasteiger partial charge in [0.15, 0.2) is 0 Å². The summed E-state index contributed by atoms with van der Waals surface area (Å²) in [6.07, 6.45) is 0.720. The second-order valence-electron chi connectivity index (χ2n) is 4.23. The van der Waals surface area contributed by atoms with Gasteiger partial charge in [-0.2, -0.15) is 0 Å². The number of thiazole rings is 1. The molecule has 5 heteroatoms. The van der Waals surface area contributed by atoms with Gasteiger partial charge in [0.2, 0.25) is 0 Å². The van der Waals surface area contributed by atoms with Crippen molar-refractivity contribution in [2.24, 2.45) is 5.73 Å². The van der Waals surface area contributed by atoms with E-state index in [-0.39, 0.29) is 6.04 Å². The van der Waals surface area contributed by atoms with E-state index in [0.717, 1.165) is 22.7 Å². The van der Waals surface area contributed by atoms with Gasteiger partial charge < -0.3 is 5.73 Å². The highest BCUT2D eigenvalue weighted by molar-refractivity contribution is 7.11. The maximum Gasteiger partial charge on any atom is 0.0949 e. The molecule has 0 spiro atoms. The fourth-order valence-electron chi connectivity index (χ4n) is 1.68. The molecule has 0 aliphatic rings. The monoisotopic (exact) mass is 300 g/mol. The summed E-state index contributed by atoms with van der Waals surface area (Å²) in [5.74, 6) is 0. The lowest BCUT2D eigenvalue weighted by Gasteiger charge is -2.11. The Morgan fingerprint density at radius 1 is 1.28 bits per heavy atom. The van der Waals surface area contributed by atoms with Crippen LogP contribution in [0.25, 0.3) is 0 Å². The fourth-order valence-corrected chi connectivity index (χ4v) is 2.97. The zero-order valence-corrected chi connectivity index (χ0v) is 12.5. The first-order valence-corrected chi connectivity index (χ1v) is 7.18. The van der Waals surface area contributed by atoms with Crippen molar-refractivity contribution in [1.29, 1.82) is 0 Å². The standard InChI is InChI=1S/C13H14Cl2N2S/c1-7-8(2)18-13(17-7)6-12(16)9-3-4-10(14)11(15)5-9/h3-5,12H,6,16H2,1-2H3. The minimum absolute atomic E-state index is 0.107. The van der Waals surface area contributed by atoms with Crippen molar-refractivity contribution in [3.8, 4) is 0 Å². The molecule has 0 aliphatic carbocycles. The second-order valence-corrected chi connectivity index (χ2v) is 6.34. The van der Waals surface area contributed by atoms with Gasteiger partial charge in [-0.3, -0.25) is 0 Å². The largest absolute Gasteiger partial charge is 0.324 e. The molecule has 0 amide bonds. The Hall–Kier alpha value is -0.610. The topological polar surface area (TPSA) is 38.9 Å². The third-order valence-corrected chi connectivity index (χ3v) is 4.67. The van der Waals surface area contributed by atoms with Crippen molar-refractivity contribution in [3.05, 3.63) is 49.4 Å². The van der Waals surface area contributed by atoms with Crippen LogP contribution in [0.5, 0.6) is 0 Å². The highest BCUT2D eigenvalue weighted by Crippen LogP contribution is 2.27. The summed E-state index contributed by atoms with van der Waals surface area (Å²) in [6.45, 7) is 4.08. The molecular formula is C13H14Cl2N2S. The fraction of sp³-hybridized carbons (Fsp3) is 0.308. The molecular weight excluding hydrogens is 287 g/mol. The Morgan fingerprint density at radius 3 is 2.56 bits per heavy atom. The number of benzene rings is 1. The molecule has 0 fully saturated rings. The molecule has 1 aromatic heterocycles. The van der Waals surface area contributed by atoms with E-state index in [9.17, 15) is 0 Å². The Bertz CT molecular complexity index is 547. The molecule has 0 bridgehead atoms. The van der Waals surface area contributed by atoms with Gasteiger partial charge in [-0.05, 0) is 31.5 Å². The van der Waals surface area contributed by atoms with Crippen molar-refractivity contribution < 1.29 is 0 Å². The predicted molar refractivity (Wildman–Crippen MR) is 78.7 cm³/mol. The number of aryl methyl sites for hydroxylation is 2. The van der Waals surface area contributed by atoms with Crippen LogP contribution in [0.1, 0.15) is 27.2 Å². The van der Waals surface area contributed by atoms with Crippen LogP contribution in [-0.4, -0.2) is 4.98 Å². The minimum Gasteiger partial charge on any atom is -0.324 e. The van der Waals surface area contributed by atoms with Gasteiger partial charge in [0.05, 0.1) is 20.7 Å². The number of nitrogens with two attached hydrogens (primary N) is 1. The Labute approximate surface area is 121 Å². The molecule has 18 heavy (non-hydrogen) atoms. The third kappa shape index (κ3) is 3.04. The van der Waals surface area contributed by atoms with Crippen LogP contribution in [-0.2, 0) is 6.42 Å². The lowest BCUT2D eigenvalue weighted by molar-refractivity contribution is 0.717. The first-order chi connectivity index (χ1) is 8.47. The van der Waals surface area contributed by atoms with Gasteiger partial charge in [0.25, 0.3) is 0 Å². The molecule has 0 radical (unpaired) electrons. The van der Waals surface area contributed by atoms with E-state index < -0.39 is 0 Å². The van der Waals surface area contributed by atoms with Gasteiger partial charge in [-0.15, -0.1) is 11.3 Å². The smallest absolute Gasteiger partial charge is 0.0949 e. The molecule has 96 valence electrons. The summed E-state index contributed by atoms with van der Waals surface area (Å²) in [5, 5.41) is 2.15. The predicted octanol–water partition coefficient (Wildman–Crippen LogP) is 4.31. The van der Waals surface area contributed by atoms with Crippen molar-refractivity contribution >= 4 is 34.5 Å². The van der Waals surface area contributed by atoms with Gasteiger partial charge in [0, 0.05) is 17.3 Å². The molecule has 2 rings (SSSR count). The van der Waals surface area contributed by atoms with Crippen LogP contribution in [0.4, 0.5) is 0 Å². The second kappa shape index (κ2) is 5.57. The van der Waals surface area contributed by atoms with Crippen LogP contribution in [0, 0.1) is 13.8 Å². The van der Waals surface area contributed by atoms with E-state index in [0.29, 0.717) is 10.0 Å². The summed E-state index contributed by atoms with van der Waals surface area (Å²) >= 11 is 13.6. The molecule has 1 atom stereocenters. The van der Waals surface area contributed by atoms with Gasteiger partial charge in [-0.25, -0.2) is 4.98 Å². The average Bonchev–Trinajstić information content (AvgIpc) is 2.61. The first-order valence-electron chi connectivity index (χ1n) is 5.61. The molecule has 2 N–H and O–H groups in total. The van der Waals surface area contributed by atoms with Gasteiger partial charge in [0.1, 0.15) is 0 Å². The highest BCUT2D eigenvalue weighted by Gasteiger charge is 2.12. The van der Waals surface area contributed by atoms with E-state index in [2.05, 4.69) is 11.9 Å². The third-order valence-electron chi connectivity index (χ3n) is 2.84. The zero-order valence-electron chi connectivity index (χ0n) is 10.2. The normalized spacial score (nSPS) is 12.7. The van der Waals surface area contributed by atoms with E-state index >= 15 is 0 Å². The average molecular weight is 301 g/mol.